The van der Waals surface area contributed by atoms with Crippen molar-refractivity contribution in [2.75, 3.05) is 14.2 Å². The molecular formula is C11H14O3. The molecule has 0 aromatic heterocycles. The molecule has 1 aliphatic rings. The zero-order valence-electron chi connectivity index (χ0n) is 8.61. The van der Waals surface area contributed by atoms with Crippen LogP contribution < -0.4 is 9.47 Å². The molecule has 1 aromatic carbocycles. The Morgan fingerprint density at radius 3 is 2.29 bits per heavy atom. The van der Waals surface area contributed by atoms with Crippen molar-refractivity contribution in [3.8, 4) is 11.5 Å². The molecule has 0 bridgehead atoms. The van der Waals surface area contributed by atoms with Crippen molar-refractivity contribution in [3.05, 3.63) is 23.8 Å². The zero-order chi connectivity index (χ0) is 10.1. The van der Waals surface area contributed by atoms with E-state index in [4.69, 9.17) is 14.2 Å². The van der Waals surface area contributed by atoms with Crippen molar-refractivity contribution < 1.29 is 14.2 Å². The number of methoxy groups -OCH3 is 2. The van der Waals surface area contributed by atoms with Crippen molar-refractivity contribution in [2.24, 2.45) is 0 Å². The first-order valence-corrected chi connectivity index (χ1v) is 4.63. The maximum absolute atomic E-state index is 5.38. The van der Waals surface area contributed by atoms with E-state index in [1.807, 2.05) is 18.2 Å². The third kappa shape index (κ3) is 1.55. The lowest BCUT2D eigenvalue weighted by Crippen LogP contribution is -1.92. The summed E-state index contributed by atoms with van der Waals surface area (Å²) in [7, 11) is 3.27. The molecule has 0 unspecified atom stereocenters. The average Bonchev–Trinajstić information content (AvgIpc) is 2.94. The van der Waals surface area contributed by atoms with E-state index in [2.05, 4.69) is 6.92 Å². The highest BCUT2D eigenvalue weighted by Crippen LogP contribution is 2.41. The maximum atomic E-state index is 5.38. The predicted molar refractivity (Wildman–Crippen MR) is 52.8 cm³/mol. The van der Waals surface area contributed by atoms with E-state index in [0.29, 0.717) is 6.10 Å². The topological polar surface area (TPSA) is 31.0 Å². The fourth-order valence-electron chi connectivity index (χ4n) is 1.57. The second-order valence-corrected chi connectivity index (χ2v) is 3.38. The summed E-state index contributed by atoms with van der Waals surface area (Å²) in [5.74, 6) is 1.51. The summed E-state index contributed by atoms with van der Waals surface area (Å²) in [6, 6.07) is 5.88. The minimum Gasteiger partial charge on any atom is -0.493 e. The van der Waals surface area contributed by atoms with Gasteiger partial charge in [-0.3, -0.25) is 0 Å². The minimum atomic E-state index is 0.231. The van der Waals surface area contributed by atoms with Gasteiger partial charge in [0.2, 0.25) is 0 Å². The highest BCUT2D eigenvalue weighted by molar-refractivity contribution is 5.44. The Labute approximate surface area is 83.6 Å². The summed E-state index contributed by atoms with van der Waals surface area (Å²) in [5, 5.41) is 0. The molecule has 3 heteroatoms. The second-order valence-electron chi connectivity index (χ2n) is 3.38. The fraction of sp³-hybridized carbons (Fsp3) is 0.455. The lowest BCUT2D eigenvalue weighted by molar-refractivity contribution is 0.352. The number of hydrogen-bond acceptors (Lipinski definition) is 3. The van der Waals surface area contributed by atoms with Gasteiger partial charge in [0.15, 0.2) is 11.5 Å². The van der Waals surface area contributed by atoms with Gasteiger partial charge in [-0.25, -0.2) is 0 Å². The second kappa shape index (κ2) is 3.50. The van der Waals surface area contributed by atoms with E-state index < -0.39 is 0 Å². The molecule has 1 aliphatic heterocycles. The Morgan fingerprint density at radius 2 is 1.79 bits per heavy atom. The first-order chi connectivity index (χ1) is 6.76. The molecule has 0 radical (unpaired) electrons. The summed E-state index contributed by atoms with van der Waals surface area (Å²) in [6.45, 7) is 2.06. The number of rotatable bonds is 3. The van der Waals surface area contributed by atoms with Crippen LogP contribution in [0.3, 0.4) is 0 Å². The van der Waals surface area contributed by atoms with Gasteiger partial charge in [-0.15, -0.1) is 0 Å². The minimum absolute atomic E-state index is 0.231. The summed E-state index contributed by atoms with van der Waals surface area (Å²) in [6.07, 6.45) is 0.558. The lowest BCUT2D eigenvalue weighted by atomic mass is 10.1. The van der Waals surface area contributed by atoms with Crippen LogP contribution in [0.1, 0.15) is 18.6 Å². The van der Waals surface area contributed by atoms with Crippen LogP contribution >= 0.6 is 0 Å². The van der Waals surface area contributed by atoms with Crippen molar-refractivity contribution in [3.63, 3.8) is 0 Å². The van der Waals surface area contributed by atoms with Gasteiger partial charge in [-0.2, -0.15) is 0 Å². The molecular weight excluding hydrogens is 180 g/mol. The maximum Gasteiger partial charge on any atom is 0.161 e. The molecule has 14 heavy (non-hydrogen) atoms. The summed E-state index contributed by atoms with van der Waals surface area (Å²) in [5.41, 5.74) is 1.15. The van der Waals surface area contributed by atoms with Crippen LogP contribution in [-0.2, 0) is 4.74 Å². The average molecular weight is 194 g/mol. The smallest absolute Gasteiger partial charge is 0.161 e. The van der Waals surface area contributed by atoms with Crippen molar-refractivity contribution in [2.45, 2.75) is 19.1 Å². The Morgan fingerprint density at radius 1 is 1.14 bits per heavy atom. The third-order valence-electron chi connectivity index (χ3n) is 2.45. The molecule has 2 atom stereocenters. The molecule has 1 heterocycles. The van der Waals surface area contributed by atoms with Crippen LogP contribution in [0.4, 0.5) is 0 Å². The number of hydrogen-bond donors (Lipinski definition) is 0. The zero-order valence-corrected chi connectivity index (χ0v) is 8.61. The van der Waals surface area contributed by atoms with E-state index in [9.17, 15) is 0 Å². The first kappa shape index (κ1) is 9.34. The molecule has 0 amide bonds. The van der Waals surface area contributed by atoms with Crippen molar-refractivity contribution in [1.82, 2.24) is 0 Å². The normalized spacial score (nSPS) is 24.5. The van der Waals surface area contributed by atoms with Crippen LogP contribution in [0.25, 0.3) is 0 Å². The van der Waals surface area contributed by atoms with Crippen LogP contribution in [0.15, 0.2) is 18.2 Å². The Hall–Kier alpha value is -1.22. The molecule has 0 N–H and O–H groups in total. The largest absolute Gasteiger partial charge is 0.493 e. The van der Waals surface area contributed by atoms with Crippen molar-refractivity contribution >= 4 is 0 Å². The van der Waals surface area contributed by atoms with Gasteiger partial charge in [0, 0.05) is 0 Å². The van der Waals surface area contributed by atoms with E-state index >= 15 is 0 Å². The highest BCUT2D eigenvalue weighted by Gasteiger charge is 2.36. The van der Waals surface area contributed by atoms with Crippen LogP contribution in [0.5, 0.6) is 11.5 Å². The molecule has 2 rings (SSSR count). The van der Waals surface area contributed by atoms with Gasteiger partial charge < -0.3 is 14.2 Å². The van der Waals surface area contributed by atoms with E-state index in [-0.39, 0.29) is 6.10 Å². The summed E-state index contributed by atoms with van der Waals surface area (Å²) >= 11 is 0. The van der Waals surface area contributed by atoms with Crippen LogP contribution in [-0.4, -0.2) is 20.3 Å². The van der Waals surface area contributed by atoms with Gasteiger partial charge >= 0.3 is 0 Å². The first-order valence-electron chi connectivity index (χ1n) is 4.63. The number of epoxide rings is 1. The van der Waals surface area contributed by atoms with Crippen molar-refractivity contribution in [1.29, 1.82) is 0 Å². The Kier molecular flexibility index (Phi) is 2.33. The lowest BCUT2D eigenvalue weighted by Gasteiger charge is -2.08. The molecule has 1 aromatic rings. The monoisotopic (exact) mass is 194 g/mol. The highest BCUT2D eigenvalue weighted by atomic mass is 16.6. The standard InChI is InChI=1S/C11H14O3/c1-7-11(14-7)8-4-5-9(12-2)10(6-8)13-3/h4-7,11H,1-3H3/t7-,11+/m0/s1. The van der Waals surface area contributed by atoms with Crippen LogP contribution in [0, 0.1) is 0 Å². The predicted octanol–water partition coefficient (Wildman–Crippen LogP) is 2.16. The van der Waals surface area contributed by atoms with Gasteiger partial charge in [-0.05, 0) is 24.6 Å². The van der Waals surface area contributed by atoms with Crippen LogP contribution in [0.2, 0.25) is 0 Å². The molecule has 0 spiro atoms. The number of benzene rings is 1. The molecule has 0 aliphatic carbocycles. The Bertz CT molecular complexity index is 335. The molecule has 76 valence electrons. The van der Waals surface area contributed by atoms with Gasteiger partial charge in [0.1, 0.15) is 6.10 Å². The van der Waals surface area contributed by atoms with E-state index in [1.165, 1.54) is 0 Å². The van der Waals surface area contributed by atoms with Gasteiger partial charge in [0.25, 0.3) is 0 Å². The summed E-state index contributed by atoms with van der Waals surface area (Å²) < 4.78 is 15.7. The van der Waals surface area contributed by atoms with E-state index in [0.717, 1.165) is 17.1 Å². The molecule has 1 fully saturated rings. The SMILES string of the molecule is COc1ccc([C@@H]2O[C@H]2C)cc1OC. The quantitative estimate of drug-likeness (QED) is 0.691. The molecule has 1 saturated heterocycles. The Balaban J connectivity index is 2.27. The molecule has 3 nitrogen and oxygen atoms in total. The van der Waals surface area contributed by atoms with Gasteiger partial charge in [0.05, 0.1) is 20.3 Å². The fourth-order valence-corrected chi connectivity index (χ4v) is 1.57. The van der Waals surface area contributed by atoms with Gasteiger partial charge in [-0.1, -0.05) is 6.07 Å². The third-order valence-corrected chi connectivity index (χ3v) is 2.45. The van der Waals surface area contributed by atoms with E-state index in [1.54, 1.807) is 14.2 Å². The summed E-state index contributed by atoms with van der Waals surface area (Å²) in [4.78, 5) is 0. The number of ether oxygens (including phenoxy) is 3. The molecule has 0 saturated carbocycles.